The van der Waals surface area contributed by atoms with Crippen LogP contribution in [0.15, 0.2) is 72.8 Å². The number of fused-ring (bicyclic) bond motifs is 3. The average molecular weight is 402 g/mol. The maximum absolute atomic E-state index is 12.2. The molecule has 6 heteroatoms. The second-order valence-corrected chi connectivity index (χ2v) is 7.12. The molecule has 152 valence electrons. The molecular formula is C24H22N2O4. The number of carbonyl (C=O) groups excluding carboxylic acids is 1. The number of carboxylic acid groups (broad SMARTS) is 1. The molecule has 0 unspecified atom stereocenters. The third-order valence-corrected chi connectivity index (χ3v) is 5.18. The average Bonchev–Trinajstić information content (AvgIpc) is 3.09. The third kappa shape index (κ3) is 4.27. The zero-order valence-electron chi connectivity index (χ0n) is 16.3. The van der Waals surface area contributed by atoms with Crippen LogP contribution in [-0.2, 0) is 16.1 Å². The first-order valence-corrected chi connectivity index (χ1v) is 9.75. The van der Waals surface area contributed by atoms with Crippen molar-refractivity contribution < 1.29 is 19.4 Å². The number of amides is 1. The summed E-state index contributed by atoms with van der Waals surface area (Å²) in [7, 11) is 0. The van der Waals surface area contributed by atoms with Gasteiger partial charge in [-0.2, -0.15) is 0 Å². The van der Waals surface area contributed by atoms with Crippen molar-refractivity contribution in [3.05, 3.63) is 89.5 Å². The molecule has 0 saturated carbocycles. The van der Waals surface area contributed by atoms with Crippen LogP contribution < -0.4 is 10.6 Å². The Morgan fingerprint density at radius 2 is 1.47 bits per heavy atom. The Morgan fingerprint density at radius 3 is 2.07 bits per heavy atom. The highest BCUT2D eigenvalue weighted by Crippen LogP contribution is 2.44. The minimum atomic E-state index is -0.920. The lowest BCUT2D eigenvalue weighted by Gasteiger charge is -2.14. The summed E-state index contributed by atoms with van der Waals surface area (Å²) in [5.41, 5.74) is 6.34. The fraction of sp³-hybridized carbons (Fsp3) is 0.167. The molecule has 3 aromatic rings. The molecular weight excluding hydrogens is 380 g/mol. The van der Waals surface area contributed by atoms with E-state index in [1.165, 1.54) is 22.3 Å². The highest BCUT2D eigenvalue weighted by Gasteiger charge is 2.28. The fourth-order valence-corrected chi connectivity index (χ4v) is 3.74. The van der Waals surface area contributed by atoms with E-state index in [-0.39, 0.29) is 19.1 Å². The van der Waals surface area contributed by atoms with Gasteiger partial charge >= 0.3 is 12.1 Å². The first-order chi connectivity index (χ1) is 14.6. The number of aliphatic carboxylic acids is 1. The lowest BCUT2D eigenvalue weighted by Crippen LogP contribution is -2.25. The van der Waals surface area contributed by atoms with Crippen LogP contribution in [0.4, 0.5) is 10.5 Å². The Morgan fingerprint density at radius 1 is 0.867 bits per heavy atom. The second kappa shape index (κ2) is 8.69. The van der Waals surface area contributed by atoms with E-state index >= 15 is 0 Å². The van der Waals surface area contributed by atoms with E-state index in [0.717, 1.165) is 5.56 Å². The largest absolute Gasteiger partial charge is 0.480 e. The molecule has 6 nitrogen and oxygen atoms in total. The smallest absolute Gasteiger partial charge is 0.407 e. The van der Waals surface area contributed by atoms with Crippen molar-refractivity contribution >= 4 is 17.7 Å². The minimum absolute atomic E-state index is 0.0303. The summed E-state index contributed by atoms with van der Waals surface area (Å²) in [6, 6.07) is 23.6. The van der Waals surface area contributed by atoms with Gasteiger partial charge in [0.1, 0.15) is 13.2 Å². The molecule has 1 amide bonds. The predicted molar refractivity (Wildman–Crippen MR) is 114 cm³/mol. The lowest BCUT2D eigenvalue weighted by molar-refractivity contribution is -0.134. The van der Waals surface area contributed by atoms with Gasteiger partial charge < -0.3 is 20.5 Å². The van der Waals surface area contributed by atoms with Crippen LogP contribution in [-0.4, -0.2) is 30.3 Å². The van der Waals surface area contributed by atoms with E-state index in [1.54, 1.807) is 12.1 Å². The maximum atomic E-state index is 12.2. The highest BCUT2D eigenvalue weighted by molar-refractivity contribution is 5.79. The van der Waals surface area contributed by atoms with Gasteiger partial charge in [0, 0.05) is 18.2 Å². The van der Waals surface area contributed by atoms with Gasteiger partial charge in [-0.3, -0.25) is 4.79 Å². The summed E-state index contributed by atoms with van der Waals surface area (Å²) < 4.78 is 5.52. The summed E-state index contributed by atoms with van der Waals surface area (Å²) in [5, 5.41) is 14.2. The summed E-state index contributed by atoms with van der Waals surface area (Å²) in [6.45, 7) is 0.463. The van der Waals surface area contributed by atoms with Gasteiger partial charge in [-0.25, -0.2) is 4.79 Å². The molecule has 1 aliphatic rings. The number of alkyl carbamates (subject to hydrolysis) is 1. The number of hydrogen-bond donors (Lipinski definition) is 3. The number of carbonyl (C=O) groups is 2. The van der Waals surface area contributed by atoms with Crippen molar-refractivity contribution in [2.24, 2.45) is 0 Å². The molecule has 1 aliphatic carbocycles. The van der Waals surface area contributed by atoms with E-state index in [0.29, 0.717) is 12.2 Å². The van der Waals surface area contributed by atoms with Gasteiger partial charge in [0.05, 0.1) is 0 Å². The number of rotatable bonds is 7. The molecule has 0 aromatic heterocycles. The van der Waals surface area contributed by atoms with E-state index < -0.39 is 12.1 Å². The molecule has 4 rings (SSSR count). The van der Waals surface area contributed by atoms with Crippen LogP contribution >= 0.6 is 0 Å². The monoisotopic (exact) mass is 402 g/mol. The summed E-state index contributed by atoms with van der Waals surface area (Å²) >= 11 is 0. The first-order valence-electron chi connectivity index (χ1n) is 9.75. The zero-order valence-corrected chi connectivity index (χ0v) is 16.3. The van der Waals surface area contributed by atoms with E-state index in [2.05, 4.69) is 34.9 Å². The standard InChI is InChI=1S/C24H22N2O4/c27-23(28)14-25-17-11-9-16(10-12-17)13-26-24(29)30-15-22-20-7-3-1-5-18(20)19-6-2-4-8-21(19)22/h1-12,22,25H,13-15H2,(H,26,29)(H,27,28). The number of hydrogen-bond acceptors (Lipinski definition) is 4. The molecule has 30 heavy (non-hydrogen) atoms. The molecule has 3 N–H and O–H groups in total. The molecule has 0 radical (unpaired) electrons. The fourth-order valence-electron chi connectivity index (χ4n) is 3.74. The van der Waals surface area contributed by atoms with Gasteiger partial charge in [-0.15, -0.1) is 0 Å². The quantitative estimate of drug-likeness (QED) is 0.551. The molecule has 0 fully saturated rings. The van der Waals surface area contributed by atoms with Crippen molar-refractivity contribution in [3.8, 4) is 11.1 Å². The predicted octanol–water partition coefficient (Wildman–Crippen LogP) is 4.22. The Labute approximate surface area is 174 Å². The molecule has 0 atom stereocenters. The summed E-state index contributed by atoms with van der Waals surface area (Å²) in [6.07, 6.45) is -0.468. The van der Waals surface area contributed by atoms with E-state index in [1.807, 2.05) is 36.4 Å². The molecule has 0 aliphatic heterocycles. The summed E-state index contributed by atoms with van der Waals surface area (Å²) in [4.78, 5) is 22.8. The Kier molecular flexibility index (Phi) is 5.66. The second-order valence-electron chi connectivity index (χ2n) is 7.12. The first kappa shape index (κ1) is 19.5. The van der Waals surface area contributed by atoms with Gasteiger partial charge in [-0.05, 0) is 39.9 Å². The van der Waals surface area contributed by atoms with Crippen molar-refractivity contribution in [2.45, 2.75) is 12.5 Å². The normalized spacial score (nSPS) is 12.0. The van der Waals surface area contributed by atoms with Crippen molar-refractivity contribution in [2.75, 3.05) is 18.5 Å². The number of benzene rings is 3. The van der Waals surface area contributed by atoms with Gasteiger partial charge in [0.2, 0.25) is 0 Å². The van der Waals surface area contributed by atoms with Crippen LogP contribution in [0.25, 0.3) is 11.1 Å². The molecule has 0 heterocycles. The molecule has 3 aromatic carbocycles. The van der Waals surface area contributed by atoms with Crippen LogP contribution in [0, 0.1) is 0 Å². The van der Waals surface area contributed by atoms with Crippen molar-refractivity contribution in [1.82, 2.24) is 5.32 Å². The number of carboxylic acids is 1. The topological polar surface area (TPSA) is 87.7 Å². The van der Waals surface area contributed by atoms with E-state index in [4.69, 9.17) is 9.84 Å². The van der Waals surface area contributed by atoms with Crippen LogP contribution in [0.3, 0.4) is 0 Å². The molecule has 0 saturated heterocycles. The van der Waals surface area contributed by atoms with E-state index in [9.17, 15) is 9.59 Å². The van der Waals surface area contributed by atoms with Crippen LogP contribution in [0.1, 0.15) is 22.6 Å². The van der Waals surface area contributed by atoms with Gasteiger partial charge in [0.25, 0.3) is 0 Å². The minimum Gasteiger partial charge on any atom is -0.480 e. The van der Waals surface area contributed by atoms with Crippen molar-refractivity contribution in [1.29, 1.82) is 0 Å². The number of ether oxygens (including phenoxy) is 1. The van der Waals surface area contributed by atoms with Gasteiger partial charge in [0.15, 0.2) is 0 Å². The maximum Gasteiger partial charge on any atom is 0.407 e. The SMILES string of the molecule is O=C(O)CNc1ccc(CNC(=O)OCC2c3ccccc3-c3ccccc32)cc1. The molecule has 0 bridgehead atoms. The van der Waals surface area contributed by atoms with Gasteiger partial charge in [-0.1, -0.05) is 60.7 Å². The number of anilines is 1. The summed E-state index contributed by atoms with van der Waals surface area (Å²) in [5.74, 6) is -0.890. The Hall–Kier alpha value is -3.80. The highest BCUT2D eigenvalue weighted by atomic mass is 16.5. The molecule has 0 spiro atoms. The third-order valence-electron chi connectivity index (χ3n) is 5.18. The zero-order chi connectivity index (χ0) is 20.9. The Bertz CT molecular complexity index is 1020. The number of nitrogens with one attached hydrogen (secondary N) is 2. The van der Waals surface area contributed by atoms with Crippen molar-refractivity contribution in [3.63, 3.8) is 0 Å². The Balaban J connectivity index is 1.32. The van der Waals surface area contributed by atoms with Crippen LogP contribution in [0.2, 0.25) is 0 Å². The lowest BCUT2D eigenvalue weighted by atomic mass is 9.98. The van der Waals surface area contributed by atoms with Crippen LogP contribution in [0.5, 0.6) is 0 Å².